The zero-order chi connectivity index (χ0) is 13.4. The van der Waals surface area contributed by atoms with Gasteiger partial charge >= 0.3 is 0 Å². The van der Waals surface area contributed by atoms with Gasteiger partial charge < -0.3 is 14.6 Å². The summed E-state index contributed by atoms with van der Waals surface area (Å²) in [4.78, 5) is 0. The molecule has 2 aliphatic carbocycles. The molecule has 0 aromatic carbocycles. The number of aliphatic hydroxyl groups excluding tert-OH is 1. The molecule has 1 radical (unpaired) electrons. The van der Waals surface area contributed by atoms with Crippen LogP contribution in [-0.4, -0.2) is 30.7 Å². The summed E-state index contributed by atoms with van der Waals surface area (Å²) in [7, 11) is 0. The van der Waals surface area contributed by atoms with Gasteiger partial charge in [-0.1, -0.05) is 13.8 Å². The molecule has 2 saturated carbocycles. The number of hydrogen-bond donors (Lipinski definition) is 1. The van der Waals surface area contributed by atoms with Crippen LogP contribution in [0.2, 0.25) is 0 Å². The molecule has 3 rings (SSSR count). The van der Waals surface area contributed by atoms with Crippen LogP contribution < -0.4 is 0 Å². The first kappa shape index (κ1) is 17.7. The van der Waals surface area contributed by atoms with Gasteiger partial charge in [0.15, 0.2) is 6.29 Å². The summed E-state index contributed by atoms with van der Waals surface area (Å²) in [6, 6.07) is 0. The molecular weight excluding hydrogens is 467 g/mol. The minimum atomic E-state index is -0.154. The van der Waals surface area contributed by atoms with Crippen molar-refractivity contribution in [3.8, 4) is 0 Å². The van der Waals surface area contributed by atoms with E-state index in [1.165, 1.54) is 12.8 Å². The van der Waals surface area contributed by atoms with Gasteiger partial charge in [-0.25, -0.2) is 0 Å². The molecule has 3 aliphatic rings. The molecule has 0 aromatic heterocycles. The number of fused-ring (bicyclic) bond motifs is 2. The van der Waals surface area contributed by atoms with E-state index in [-0.39, 0.29) is 56.5 Å². The van der Waals surface area contributed by atoms with E-state index < -0.39 is 0 Å². The van der Waals surface area contributed by atoms with Crippen LogP contribution in [0.1, 0.15) is 46.0 Å². The van der Waals surface area contributed by atoms with E-state index in [4.69, 9.17) is 9.47 Å². The first-order valence-corrected chi connectivity index (χ1v) is 8.08. The van der Waals surface area contributed by atoms with Crippen molar-refractivity contribution in [1.29, 1.82) is 0 Å². The maximum absolute atomic E-state index is 10.5. The van der Waals surface area contributed by atoms with Crippen molar-refractivity contribution in [1.82, 2.24) is 0 Å². The SMILES string of the molecule is CC1C2CC(C(O)CCC3OCCCO3)C(C2)C1C.[Ac]. The van der Waals surface area contributed by atoms with Crippen molar-refractivity contribution in [2.75, 3.05) is 13.2 Å². The Morgan fingerprint density at radius 2 is 1.80 bits per heavy atom. The summed E-state index contributed by atoms with van der Waals surface area (Å²) >= 11 is 0. The number of hydrogen-bond acceptors (Lipinski definition) is 3. The van der Waals surface area contributed by atoms with Crippen LogP contribution in [-0.2, 0) is 9.47 Å². The van der Waals surface area contributed by atoms with Crippen LogP contribution in [0.3, 0.4) is 0 Å². The third kappa shape index (κ3) is 3.62. The summed E-state index contributed by atoms with van der Waals surface area (Å²) in [6.07, 6.45) is 5.04. The average Bonchev–Trinajstić information content (AvgIpc) is 2.98. The fraction of sp³-hybridized carbons (Fsp3) is 1.00. The second kappa shape index (κ2) is 7.73. The molecule has 1 heterocycles. The normalized spacial score (nSPS) is 42.5. The molecule has 0 spiro atoms. The molecule has 20 heavy (non-hydrogen) atoms. The summed E-state index contributed by atoms with van der Waals surface area (Å²) in [5.74, 6) is 3.80. The van der Waals surface area contributed by atoms with Gasteiger partial charge in [0.1, 0.15) is 0 Å². The van der Waals surface area contributed by atoms with E-state index in [1.807, 2.05) is 0 Å². The fourth-order valence-electron chi connectivity index (χ4n) is 4.66. The van der Waals surface area contributed by atoms with Crippen molar-refractivity contribution in [3.63, 3.8) is 0 Å². The zero-order valence-corrected chi connectivity index (χ0v) is 17.6. The van der Waals surface area contributed by atoms with E-state index in [9.17, 15) is 5.11 Å². The van der Waals surface area contributed by atoms with Gasteiger partial charge in [0.25, 0.3) is 0 Å². The van der Waals surface area contributed by atoms with Gasteiger partial charge in [-0.15, -0.1) is 0 Å². The van der Waals surface area contributed by atoms with Crippen LogP contribution in [0.5, 0.6) is 0 Å². The minimum Gasteiger partial charge on any atom is -0.393 e. The largest absolute Gasteiger partial charge is 0.393 e. The van der Waals surface area contributed by atoms with Crippen molar-refractivity contribution < 1.29 is 58.6 Å². The summed E-state index contributed by atoms with van der Waals surface area (Å²) in [5.41, 5.74) is 0. The van der Waals surface area contributed by atoms with Gasteiger partial charge in [0, 0.05) is 50.5 Å². The molecule has 3 nitrogen and oxygen atoms in total. The first-order chi connectivity index (χ1) is 9.16. The number of rotatable bonds is 4. The Morgan fingerprint density at radius 1 is 1.10 bits per heavy atom. The Balaban J connectivity index is 0.00000147. The van der Waals surface area contributed by atoms with Crippen LogP contribution in [0.15, 0.2) is 0 Å². The molecular formula is C16H28AcO3. The van der Waals surface area contributed by atoms with Crippen LogP contribution >= 0.6 is 0 Å². The van der Waals surface area contributed by atoms with Gasteiger partial charge in [0.2, 0.25) is 0 Å². The molecule has 1 aliphatic heterocycles. The molecule has 2 bridgehead atoms. The molecule has 1 N–H and O–H groups in total. The second-order valence-corrected chi connectivity index (χ2v) is 6.95. The first-order valence-electron chi connectivity index (χ1n) is 8.08. The van der Waals surface area contributed by atoms with E-state index in [0.29, 0.717) is 5.92 Å². The van der Waals surface area contributed by atoms with Crippen LogP contribution in [0.4, 0.5) is 0 Å². The predicted octanol–water partition coefficient (Wildman–Crippen LogP) is 2.82. The minimum absolute atomic E-state index is 0. The molecule has 6 unspecified atom stereocenters. The summed E-state index contributed by atoms with van der Waals surface area (Å²) in [5, 5.41) is 10.5. The zero-order valence-electron chi connectivity index (χ0n) is 12.8. The monoisotopic (exact) mass is 495 g/mol. The summed E-state index contributed by atoms with van der Waals surface area (Å²) in [6.45, 7) is 6.39. The van der Waals surface area contributed by atoms with Crippen LogP contribution in [0, 0.1) is 73.7 Å². The van der Waals surface area contributed by atoms with Crippen molar-refractivity contribution in [2.24, 2.45) is 29.6 Å². The Bertz CT molecular complexity index is 304. The molecule has 113 valence electrons. The predicted molar refractivity (Wildman–Crippen MR) is 73.6 cm³/mol. The quantitative estimate of drug-likeness (QED) is 0.652. The van der Waals surface area contributed by atoms with E-state index in [0.717, 1.165) is 56.1 Å². The number of aliphatic hydroxyl groups is 1. The molecule has 0 aromatic rings. The molecule has 6 atom stereocenters. The third-order valence-electron chi connectivity index (χ3n) is 6.04. The standard InChI is InChI=1S/C16H28O3.Ac/c1-10-11(2)13-8-12(10)9-14(13)15(17)4-5-16-18-6-3-7-19-16;/h10-17H,3-9H2,1-2H3;. The van der Waals surface area contributed by atoms with Crippen LogP contribution in [0.25, 0.3) is 0 Å². The summed E-state index contributed by atoms with van der Waals surface area (Å²) < 4.78 is 11.1. The average molecular weight is 495 g/mol. The van der Waals surface area contributed by atoms with E-state index in [2.05, 4.69) is 13.8 Å². The molecule has 4 heteroatoms. The van der Waals surface area contributed by atoms with Gasteiger partial charge in [-0.3, -0.25) is 0 Å². The molecule has 0 amide bonds. The van der Waals surface area contributed by atoms with Crippen molar-refractivity contribution >= 4 is 0 Å². The second-order valence-electron chi connectivity index (χ2n) is 6.95. The maximum atomic E-state index is 10.5. The Kier molecular flexibility index (Phi) is 6.83. The number of ether oxygens (including phenoxy) is 2. The Morgan fingerprint density at radius 3 is 2.40 bits per heavy atom. The fourth-order valence-corrected chi connectivity index (χ4v) is 4.66. The maximum Gasteiger partial charge on any atom is 0.157 e. The van der Waals surface area contributed by atoms with Gasteiger partial charge in [-0.05, 0) is 55.3 Å². The Labute approximate surface area is 158 Å². The van der Waals surface area contributed by atoms with E-state index >= 15 is 0 Å². The van der Waals surface area contributed by atoms with Gasteiger partial charge in [-0.2, -0.15) is 0 Å². The van der Waals surface area contributed by atoms with Crippen molar-refractivity contribution in [2.45, 2.75) is 58.3 Å². The van der Waals surface area contributed by atoms with Gasteiger partial charge in [0.05, 0.1) is 19.3 Å². The third-order valence-corrected chi connectivity index (χ3v) is 6.04. The molecule has 3 fully saturated rings. The molecule has 1 saturated heterocycles. The topological polar surface area (TPSA) is 38.7 Å². The smallest absolute Gasteiger partial charge is 0.157 e. The van der Waals surface area contributed by atoms with Crippen molar-refractivity contribution in [3.05, 3.63) is 0 Å². The van der Waals surface area contributed by atoms with E-state index in [1.54, 1.807) is 0 Å². The Hall–Kier alpha value is 1.32.